The zero-order chi connectivity index (χ0) is 20.8. The minimum atomic E-state index is -3.74. The van der Waals surface area contributed by atoms with Crippen molar-refractivity contribution in [2.24, 2.45) is 23.7 Å². The molecule has 29 heavy (non-hydrogen) atoms. The number of carbonyl (C=O) groups excluding carboxylic acids is 1. The summed E-state index contributed by atoms with van der Waals surface area (Å²) in [5.41, 5.74) is 0. The number of halogens is 2. The number of amides is 1. The predicted octanol–water partition coefficient (Wildman–Crippen LogP) is 3.82. The van der Waals surface area contributed by atoms with Crippen LogP contribution in [-0.2, 0) is 14.8 Å². The first kappa shape index (κ1) is 21.1. The number of benzene rings is 1. The predicted molar refractivity (Wildman–Crippen MR) is 109 cm³/mol. The maximum Gasteiger partial charge on any atom is 0.243 e. The van der Waals surface area contributed by atoms with E-state index in [4.69, 9.17) is 11.6 Å². The Labute approximate surface area is 177 Å². The second-order valence-electron chi connectivity index (χ2n) is 8.89. The standard InChI is InChI=1S/C21H28ClFN2O3S/c1-13(18-11-14-2-3-16(18)10-14)24-21(26)15-6-8-25(9-7-15)29(27,28)17-4-5-20(23)19(22)12-17/h4-5,12-16,18H,2-3,6-11H2,1H3,(H,24,26). The van der Waals surface area contributed by atoms with Crippen molar-refractivity contribution in [1.82, 2.24) is 9.62 Å². The van der Waals surface area contributed by atoms with Crippen molar-refractivity contribution in [2.75, 3.05) is 13.1 Å². The van der Waals surface area contributed by atoms with Gasteiger partial charge in [0.2, 0.25) is 15.9 Å². The van der Waals surface area contributed by atoms with Crippen LogP contribution in [0.4, 0.5) is 4.39 Å². The molecule has 8 heteroatoms. The number of carbonyl (C=O) groups is 1. The minimum absolute atomic E-state index is 0.0169. The summed E-state index contributed by atoms with van der Waals surface area (Å²) in [6.07, 6.45) is 6.15. The van der Waals surface area contributed by atoms with Crippen LogP contribution in [0.5, 0.6) is 0 Å². The van der Waals surface area contributed by atoms with E-state index in [0.29, 0.717) is 18.8 Å². The van der Waals surface area contributed by atoms with E-state index in [9.17, 15) is 17.6 Å². The van der Waals surface area contributed by atoms with Crippen LogP contribution in [0.2, 0.25) is 5.02 Å². The van der Waals surface area contributed by atoms with E-state index in [2.05, 4.69) is 12.2 Å². The number of fused-ring (bicyclic) bond motifs is 2. The molecule has 1 heterocycles. The topological polar surface area (TPSA) is 66.5 Å². The Kier molecular flexibility index (Phi) is 5.93. The second-order valence-corrected chi connectivity index (χ2v) is 11.2. The lowest BCUT2D eigenvalue weighted by Crippen LogP contribution is -2.47. The highest BCUT2D eigenvalue weighted by molar-refractivity contribution is 7.89. The fourth-order valence-electron chi connectivity index (χ4n) is 5.50. The van der Waals surface area contributed by atoms with Gasteiger partial charge in [0.15, 0.2) is 0 Å². The zero-order valence-electron chi connectivity index (χ0n) is 16.6. The Morgan fingerprint density at radius 1 is 1.21 bits per heavy atom. The van der Waals surface area contributed by atoms with Gasteiger partial charge in [-0.15, -0.1) is 0 Å². The Bertz CT molecular complexity index is 886. The highest BCUT2D eigenvalue weighted by Crippen LogP contribution is 2.49. The number of nitrogens with zero attached hydrogens (tertiary/aromatic N) is 1. The molecule has 2 saturated carbocycles. The number of hydrogen-bond acceptors (Lipinski definition) is 3. The molecule has 0 radical (unpaired) electrons. The lowest BCUT2D eigenvalue weighted by atomic mass is 9.83. The Morgan fingerprint density at radius 2 is 1.93 bits per heavy atom. The van der Waals surface area contributed by atoms with E-state index in [0.717, 1.165) is 24.0 Å². The maximum atomic E-state index is 13.3. The largest absolute Gasteiger partial charge is 0.353 e. The molecule has 4 unspecified atom stereocenters. The van der Waals surface area contributed by atoms with Gasteiger partial charge in [0.25, 0.3) is 0 Å². The highest BCUT2D eigenvalue weighted by Gasteiger charge is 2.42. The summed E-state index contributed by atoms with van der Waals surface area (Å²) < 4.78 is 40.3. The molecular formula is C21H28ClFN2O3S. The summed E-state index contributed by atoms with van der Waals surface area (Å²) in [6, 6.07) is 3.61. The molecule has 4 rings (SSSR count). The number of nitrogens with one attached hydrogen (secondary N) is 1. The van der Waals surface area contributed by atoms with Gasteiger partial charge in [0.1, 0.15) is 5.82 Å². The number of piperidine rings is 1. The van der Waals surface area contributed by atoms with Crippen LogP contribution in [0.3, 0.4) is 0 Å². The van der Waals surface area contributed by atoms with Crippen LogP contribution >= 0.6 is 11.6 Å². The van der Waals surface area contributed by atoms with Gasteiger partial charge in [-0.05, 0) is 75.0 Å². The van der Waals surface area contributed by atoms with Gasteiger partial charge in [-0.3, -0.25) is 4.79 Å². The highest BCUT2D eigenvalue weighted by atomic mass is 35.5. The summed E-state index contributed by atoms with van der Waals surface area (Å²) in [5, 5.41) is 3.00. The lowest BCUT2D eigenvalue weighted by molar-refractivity contribution is -0.127. The fourth-order valence-corrected chi connectivity index (χ4v) is 7.24. The third-order valence-corrected chi connectivity index (χ3v) is 9.34. The summed E-state index contributed by atoms with van der Waals surface area (Å²) >= 11 is 5.74. The van der Waals surface area contributed by atoms with Gasteiger partial charge in [-0.25, -0.2) is 12.8 Å². The smallest absolute Gasteiger partial charge is 0.243 e. The third-order valence-electron chi connectivity index (χ3n) is 7.16. The van der Waals surface area contributed by atoms with E-state index in [1.54, 1.807) is 0 Å². The van der Waals surface area contributed by atoms with E-state index in [-0.39, 0.29) is 40.9 Å². The Balaban J connectivity index is 1.32. The average Bonchev–Trinajstić information content (AvgIpc) is 3.33. The molecule has 0 spiro atoms. The van der Waals surface area contributed by atoms with Gasteiger partial charge < -0.3 is 5.32 Å². The first-order valence-electron chi connectivity index (χ1n) is 10.5. The number of rotatable bonds is 5. The van der Waals surface area contributed by atoms with Crippen LogP contribution in [0.1, 0.15) is 45.4 Å². The van der Waals surface area contributed by atoms with Gasteiger partial charge in [-0.1, -0.05) is 18.0 Å². The molecule has 1 aromatic rings. The molecule has 2 aliphatic carbocycles. The van der Waals surface area contributed by atoms with Gasteiger partial charge in [0.05, 0.1) is 9.92 Å². The monoisotopic (exact) mass is 442 g/mol. The molecule has 1 aliphatic heterocycles. The Morgan fingerprint density at radius 3 is 2.52 bits per heavy atom. The molecule has 1 saturated heterocycles. The van der Waals surface area contributed by atoms with E-state index in [1.807, 2.05) is 0 Å². The molecule has 3 fully saturated rings. The number of hydrogen-bond donors (Lipinski definition) is 1. The molecule has 1 amide bonds. The van der Waals surface area contributed by atoms with Crippen LogP contribution in [0.15, 0.2) is 23.1 Å². The van der Waals surface area contributed by atoms with Crippen LogP contribution < -0.4 is 5.32 Å². The van der Waals surface area contributed by atoms with Crippen molar-refractivity contribution >= 4 is 27.5 Å². The van der Waals surface area contributed by atoms with Gasteiger partial charge in [-0.2, -0.15) is 4.31 Å². The molecule has 1 aromatic carbocycles. The molecule has 1 N–H and O–H groups in total. The van der Waals surface area contributed by atoms with Crippen LogP contribution in [0.25, 0.3) is 0 Å². The minimum Gasteiger partial charge on any atom is -0.353 e. The number of sulfonamides is 1. The first-order valence-corrected chi connectivity index (χ1v) is 12.3. The quantitative estimate of drug-likeness (QED) is 0.753. The van der Waals surface area contributed by atoms with Crippen molar-refractivity contribution in [3.05, 3.63) is 29.0 Å². The fraction of sp³-hybridized carbons (Fsp3) is 0.667. The van der Waals surface area contributed by atoms with E-state index in [1.165, 1.54) is 36.1 Å². The lowest BCUT2D eigenvalue weighted by Gasteiger charge is -2.33. The molecule has 0 aromatic heterocycles. The molecule has 2 bridgehead atoms. The van der Waals surface area contributed by atoms with Crippen molar-refractivity contribution in [3.63, 3.8) is 0 Å². The molecule has 4 atom stereocenters. The van der Waals surface area contributed by atoms with E-state index >= 15 is 0 Å². The first-order chi connectivity index (χ1) is 13.8. The van der Waals surface area contributed by atoms with Crippen LogP contribution in [-0.4, -0.2) is 37.8 Å². The molecule has 5 nitrogen and oxygen atoms in total. The SMILES string of the molecule is CC(NC(=O)C1CCN(S(=O)(=O)c2ccc(F)c(Cl)c2)CC1)C1CC2CCC1C2. The third kappa shape index (κ3) is 4.19. The van der Waals surface area contributed by atoms with Crippen molar-refractivity contribution < 1.29 is 17.6 Å². The summed E-state index contributed by atoms with van der Waals surface area (Å²) in [7, 11) is -3.74. The summed E-state index contributed by atoms with van der Waals surface area (Å²) in [4.78, 5) is 12.7. The van der Waals surface area contributed by atoms with Crippen LogP contribution in [0, 0.1) is 29.5 Å². The van der Waals surface area contributed by atoms with Crippen molar-refractivity contribution in [3.8, 4) is 0 Å². The summed E-state index contributed by atoms with van der Waals surface area (Å²) in [6.45, 7) is 2.66. The maximum absolute atomic E-state index is 13.3. The molecule has 3 aliphatic rings. The van der Waals surface area contributed by atoms with Gasteiger partial charge >= 0.3 is 0 Å². The molecular weight excluding hydrogens is 415 g/mol. The molecule has 160 valence electrons. The van der Waals surface area contributed by atoms with E-state index < -0.39 is 15.8 Å². The normalized spacial score (nSPS) is 29.1. The second kappa shape index (κ2) is 8.16. The zero-order valence-corrected chi connectivity index (χ0v) is 18.2. The van der Waals surface area contributed by atoms with Crippen molar-refractivity contribution in [1.29, 1.82) is 0 Å². The Hall–Kier alpha value is -1.18. The van der Waals surface area contributed by atoms with Gasteiger partial charge in [0, 0.05) is 25.0 Å². The average molecular weight is 443 g/mol. The summed E-state index contributed by atoms with van der Waals surface area (Å²) in [5.74, 6) is 1.41. The van der Waals surface area contributed by atoms with Crippen molar-refractivity contribution in [2.45, 2.75) is 56.4 Å².